The van der Waals surface area contributed by atoms with Crippen LogP contribution in [-0.4, -0.2) is 27.7 Å². The van der Waals surface area contributed by atoms with Crippen LogP contribution in [0.25, 0.3) is 11.1 Å². The zero-order valence-electron chi connectivity index (χ0n) is 13.8. The first-order chi connectivity index (χ1) is 12.9. The predicted molar refractivity (Wildman–Crippen MR) is 95.3 cm³/mol. The van der Waals surface area contributed by atoms with Gasteiger partial charge in [-0.1, -0.05) is 29.8 Å². The maximum absolute atomic E-state index is 12.7. The summed E-state index contributed by atoms with van der Waals surface area (Å²) in [7, 11) is 0. The molecule has 0 amide bonds. The Bertz CT molecular complexity index is 965. The molecule has 1 aromatic carbocycles. The van der Waals surface area contributed by atoms with Crippen molar-refractivity contribution in [1.29, 1.82) is 0 Å². The third-order valence-corrected chi connectivity index (χ3v) is 3.93. The van der Waals surface area contributed by atoms with E-state index in [0.717, 1.165) is 11.1 Å². The van der Waals surface area contributed by atoms with Gasteiger partial charge in [-0.3, -0.25) is 0 Å². The van der Waals surface area contributed by atoms with Crippen molar-refractivity contribution in [2.24, 2.45) is 0 Å². The molecule has 0 saturated carbocycles. The molecule has 0 aliphatic heterocycles. The van der Waals surface area contributed by atoms with Crippen molar-refractivity contribution < 1.29 is 23.4 Å². The Labute approximate surface area is 158 Å². The standard InChI is InChI=1S/C19H13ClF2N2O3/c20-14-3-1-2-13(8-14)15-7-12(10-24-17(15)27-19(21)22)6-11-4-5-16(18(25)26)23-9-11/h1-5,7-10,19H,6H2,(H,25,26). The van der Waals surface area contributed by atoms with Crippen LogP contribution in [0.2, 0.25) is 5.02 Å². The molecule has 27 heavy (non-hydrogen) atoms. The summed E-state index contributed by atoms with van der Waals surface area (Å²) in [4.78, 5) is 18.7. The normalized spacial score (nSPS) is 10.8. The van der Waals surface area contributed by atoms with Gasteiger partial charge in [0.25, 0.3) is 0 Å². The highest BCUT2D eigenvalue weighted by Gasteiger charge is 2.15. The molecule has 0 atom stereocenters. The first-order valence-corrected chi connectivity index (χ1v) is 8.18. The summed E-state index contributed by atoms with van der Waals surface area (Å²) in [6.07, 6.45) is 3.27. The molecule has 0 aliphatic rings. The van der Waals surface area contributed by atoms with E-state index in [1.54, 1.807) is 36.4 Å². The Morgan fingerprint density at radius 2 is 1.89 bits per heavy atom. The smallest absolute Gasteiger partial charge is 0.388 e. The minimum Gasteiger partial charge on any atom is -0.477 e. The SMILES string of the molecule is O=C(O)c1ccc(Cc2cnc(OC(F)F)c(-c3cccc(Cl)c3)c2)cn1. The summed E-state index contributed by atoms with van der Waals surface area (Å²) in [6.45, 7) is -3.01. The topological polar surface area (TPSA) is 72.3 Å². The van der Waals surface area contributed by atoms with Gasteiger partial charge in [0.05, 0.1) is 0 Å². The van der Waals surface area contributed by atoms with Gasteiger partial charge in [0, 0.05) is 29.4 Å². The number of benzene rings is 1. The Kier molecular flexibility index (Phi) is 5.61. The number of halogens is 3. The number of nitrogens with zero attached hydrogens (tertiary/aromatic N) is 2. The Balaban J connectivity index is 1.95. The van der Waals surface area contributed by atoms with Gasteiger partial charge in [0.2, 0.25) is 5.88 Å². The van der Waals surface area contributed by atoms with Crippen LogP contribution in [-0.2, 0) is 6.42 Å². The fourth-order valence-corrected chi connectivity index (χ4v) is 2.71. The summed E-state index contributed by atoms with van der Waals surface area (Å²) in [6, 6.07) is 11.4. The van der Waals surface area contributed by atoms with Crippen molar-refractivity contribution in [2.45, 2.75) is 13.0 Å². The number of pyridine rings is 2. The summed E-state index contributed by atoms with van der Waals surface area (Å²) >= 11 is 6.00. The molecule has 2 heterocycles. The average Bonchev–Trinajstić information content (AvgIpc) is 2.63. The molecule has 0 spiro atoms. The zero-order valence-corrected chi connectivity index (χ0v) is 14.5. The second-order valence-corrected chi connectivity index (χ2v) is 6.06. The van der Waals surface area contributed by atoms with Crippen LogP contribution in [0.1, 0.15) is 21.6 Å². The third kappa shape index (κ3) is 4.77. The van der Waals surface area contributed by atoms with E-state index >= 15 is 0 Å². The molecule has 0 radical (unpaired) electrons. The van der Waals surface area contributed by atoms with Crippen molar-refractivity contribution in [3.8, 4) is 17.0 Å². The first-order valence-electron chi connectivity index (χ1n) is 7.80. The third-order valence-electron chi connectivity index (χ3n) is 3.70. The lowest BCUT2D eigenvalue weighted by atomic mass is 10.0. The maximum atomic E-state index is 12.7. The van der Waals surface area contributed by atoms with Gasteiger partial charge in [-0.25, -0.2) is 14.8 Å². The van der Waals surface area contributed by atoms with Gasteiger partial charge in [0.1, 0.15) is 5.69 Å². The van der Waals surface area contributed by atoms with E-state index in [1.165, 1.54) is 18.5 Å². The molecular weight excluding hydrogens is 378 g/mol. The van der Waals surface area contributed by atoms with Crippen molar-refractivity contribution in [3.05, 3.63) is 76.7 Å². The number of carboxylic acid groups (broad SMARTS) is 1. The maximum Gasteiger partial charge on any atom is 0.388 e. The van der Waals surface area contributed by atoms with Crippen LogP contribution in [0.15, 0.2) is 54.9 Å². The van der Waals surface area contributed by atoms with E-state index in [-0.39, 0.29) is 11.6 Å². The summed E-state index contributed by atoms with van der Waals surface area (Å²) in [5.74, 6) is -1.31. The van der Waals surface area contributed by atoms with Gasteiger partial charge in [-0.05, 0) is 41.0 Å². The number of carbonyl (C=O) groups is 1. The molecule has 0 fully saturated rings. The highest BCUT2D eigenvalue weighted by molar-refractivity contribution is 6.30. The van der Waals surface area contributed by atoms with Gasteiger partial charge >= 0.3 is 12.6 Å². The van der Waals surface area contributed by atoms with E-state index in [0.29, 0.717) is 22.6 Å². The summed E-state index contributed by atoms with van der Waals surface area (Å²) < 4.78 is 29.9. The largest absolute Gasteiger partial charge is 0.477 e. The molecule has 3 aromatic rings. The number of ether oxygens (including phenoxy) is 1. The summed E-state index contributed by atoms with van der Waals surface area (Å²) in [5.41, 5.74) is 2.38. The Morgan fingerprint density at radius 3 is 2.52 bits per heavy atom. The van der Waals surface area contributed by atoms with Crippen LogP contribution in [0.3, 0.4) is 0 Å². The van der Waals surface area contributed by atoms with Gasteiger partial charge in [-0.2, -0.15) is 8.78 Å². The minimum absolute atomic E-state index is 0.0582. The lowest BCUT2D eigenvalue weighted by Crippen LogP contribution is -2.06. The van der Waals surface area contributed by atoms with E-state index in [1.807, 2.05) is 0 Å². The van der Waals surface area contributed by atoms with Crippen LogP contribution < -0.4 is 4.74 Å². The molecular formula is C19H13ClF2N2O3. The molecule has 2 aromatic heterocycles. The monoisotopic (exact) mass is 390 g/mol. The fourth-order valence-electron chi connectivity index (χ4n) is 2.52. The van der Waals surface area contributed by atoms with Gasteiger partial charge < -0.3 is 9.84 Å². The van der Waals surface area contributed by atoms with Crippen LogP contribution in [0.4, 0.5) is 8.78 Å². The molecule has 0 bridgehead atoms. The molecule has 0 unspecified atom stereocenters. The number of alkyl halides is 2. The van der Waals surface area contributed by atoms with Gasteiger partial charge in [-0.15, -0.1) is 0 Å². The molecule has 0 aliphatic carbocycles. The van der Waals surface area contributed by atoms with Crippen molar-refractivity contribution >= 4 is 17.6 Å². The van der Waals surface area contributed by atoms with Crippen molar-refractivity contribution in [1.82, 2.24) is 9.97 Å². The zero-order chi connectivity index (χ0) is 19.4. The number of rotatable bonds is 6. The average molecular weight is 391 g/mol. The van der Waals surface area contributed by atoms with Crippen molar-refractivity contribution in [3.63, 3.8) is 0 Å². The Hall–Kier alpha value is -3.06. The number of hydrogen-bond donors (Lipinski definition) is 1. The quantitative estimate of drug-likeness (QED) is 0.661. The van der Waals surface area contributed by atoms with Crippen LogP contribution in [0, 0.1) is 0 Å². The lowest BCUT2D eigenvalue weighted by Gasteiger charge is -2.12. The highest BCUT2D eigenvalue weighted by Crippen LogP contribution is 2.32. The first kappa shape index (κ1) is 18.7. The molecule has 1 N–H and O–H groups in total. The second-order valence-electron chi connectivity index (χ2n) is 5.62. The lowest BCUT2D eigenvalue weighted by molar-refractivity contribution is -0.0524. The van der Waals surface area contributed by atoms with Crippen molar-refractivity contribution in [2.75, 3.05) is 0 Å². The molecule has 5 nitrogen and oxygen atoms in total. The predicted octanol–water partition coefficient (Wildman–Crippen LogP) is 4.69. The number of carboxylic acids is 1. The number of aromatic carboxylic acids is 1. The molecule has 3 rings (SSSR count). The minimum atomic E-state index is -3.01. The van der Waals surface area contributed by atoms with E-state index < -0.39 is 12.6 Å². The number of aromatic nitrogens is 2. The second kappa shape index (κ2) is 8.09. The van der Waals surface area contributed by atoms with Crippen LogP contribution in [0.5, 0.6) is 5.88 Å². The fraction of sp³-hybridized carbons (Fsp3) is 0.105. The van der Waals surface area contributed by atoms with E-state index in [4.69, 9.17) is 16.7 Å². The molecule has 8 heteroatoms. The van der Waals surface area contributed by atoms with Gasteiger partial charge in [0.15, 0.2) is 0 Å². The highest BCUT2D eigenvalue weighted by atomic mass is 35.5. The van der Waals surface area contributed by atoms with E-state index in [2.05, 4.69) is 14.7 Å². The van der Waals surface area contributed by atoms with E-state index in [9.17, 15) is 13.6 Å². The Morgan fingerprint density at radius 1 is 1.11 bits per heavy atom. The summed E-state index contributed by atoms with van der Waals surface area (Å²) in [5, 5.41) is 9.35. The number of hydrogen-bond acceptors (Lipinski definition) is 4. The molecule has 138 valence electrons. The van der Waals surface area contributed by atoms with Crippen LogP contribution >= 0.6 is 11.6 Å². The molecule has 0 saturated heterocycles.